The van der Waals surface area contributed by atoms with Crippen LogP contribution in [-0.2, 0) is 0 Å². The molecule has 1 fully saturated rings. The van der Waals surface area contributed by atoms with Crippen molar-refractivity contribution in [1.82, 2.24) is 4.98 Å². The van der Waals surface area contributed by atoms with Gasteiger partial charge in [0.05, 0.1) is 5.52 Å². The van der Waals surface area contributed by atoms with Gasteiger partial charge in [-0.15, -0.1) is 0 Å². The number of hydrogen-bond donors (Lipinski definition) is 2. The molecule has 4 heteroatoms. The summed E-state index contributed by atoms with van der Waals surface area (Å²) in [5.41, 5.74) is 7.83. The molecule has 1 aromatic heterocycles. The second kappa shape index (κ2) is 4.46. The Kier molecular flexibility index (Phi) is 2.90. The maximum absolute atomic E-state index is 5.83. The fourth-order valence-corrected chi connectivity index (χ4v) is 2.75. The van der Waals surface area contributed by atoms with Crippen LogP contribution < -0.4 is 11.1 Å². The Bertz CT molecular complexity index is 647. The standard InChI is InChI=1S/C15H17N3S/c1-15(7-4-8-15)18-13-9-11(14(16)19)10-5-2-3-6-12(10)17-13/h2-3,5-6,9H,4,7-8H2,1H3,(H2,16,19)(H,17,18). The molecule has 1 heterocycles. The van der Waals surface area contributed by atoms with Crippen LogP contribution in [0.25, 0.3) is 10.9 Å². The number of para-hydroxylation sites is 1. The quantitative estimate of drug-likeness (QED) is 0.842. The third kappa shape index (κ3) is 2.28. The summed E-state index contributed by atoms with van der Waals surface area (Å²) in [5, 5.41) is 4.53. The molecule has 2 aromatic rings. The lowest BCUT2D eigenvalue weighted by Gasteiger charge is -2.39. The van der Waals surface area contributed by atoms with Gasteiger partial charge in [-0.2, -0.15) is 0 Å². The lowest BCUT2D eigenvalue weighted by molar-refractivity contribution is 0.306. The number of nitrogens with two attached hydrogens (primary N) is 1. The van der Waals surface area contributed by atoms with Crippen LogP contribution >= 0.6 is 12.2 Å². The van der Waals surface area contributed by atoms with Gasteiger partial charge in [0.1, 0.15) is 10.8 Å². The van der Waals surface area contributed by atoms with E-state index in [4.69, 9.17) is 18.0 Å². The molecule has 0 unspecified atom stereocenters. The Morgan fingerprint density at radius 2 is 2.11 bits per heavy atom. The van der Waals surface area contributed by atoms with E-state index in [0.29, 0.717) is 4.99 Å². The van der Waals surface area contributed by atoms with Crippen LogP contribution in [-0.4, -0.2) is 15.5 Å². The van der Waals surface area contributed by atoms with Gasteiger partial charge in [0.2, 0.25) is 0 Å². The van der Waals surface area contributed by atoms with E-state index in [1.54, 1.807) is 0 Å². The van der Waals surface area contributed by atoms with Crippen LogP contribution in [0.2, 0.25) is 0 Å². The first-order chi connectivity index (χ1) is 9.07. The van der Waals surface area contributed by atoms with Gasteiger partial charge in [0.15, 0.2) is 0 Å². The predicted molar refractivity (Wildman–Crippen MR) is 83.5 cm³/mol. The summed E-state index contributed by atoms with van der Waals surface area (Å²) >= 11 is 5.16. The highest BCUT2D eigenvalue weighted by atomic mass is 32.1. The van der Waals surface area contributed by atoms with Crippen LogP contribution in [0.15, 0.2) is 30.3 Å². The highest BCUT2D eigenvalue weighted by molar-refractivity contribution is 7.80. The van der Waals surface area contributed by atoms with Crippen molar-refractivity contribution in [2.45, 2.75) is 31.7 Å². The molecule has 0 amide bonds. The molecule has 0 aliphatic heterocycles. The minimum atomic E-state index is 0.170. The molecule has 3 nitrogen and oxygen atoms in total. The maximum atomic E-state index is 5.83. The first kappa shape index (κ1) is 12.4. The zero-order valence-electron chi connectivity index (χ0n) is 10.9. The summed E-state index contributed by atoms with van der Waals surface area (Å²) in [7, 11) is 0. The van der Waals surface area contributed by atoms with Crippen LogP contribution in [0.3, 0.4) is 0 Å². The SMILES string of the molecule is CC1(Nc2cc(C(N)=S)c3ccccc3n2)CCC1. The van der Waals surface area contributed by atoms with Gasteiger partial charge in [-0.3, -0.25) is 0 Å². The molecule has 0 bridgehead atoms. The number of fused-ring (bicyclic) bond motifs is 1. The number of anilines is 1. The average molecular weight is 271 g/mol. The minimum absolute atomic E-state index is 0.170. The smallest absolute Gasteiger partial charge is 0.127 e. The summed E-state index contributed by atoms with van der Waals surface area (Å²) in [5.74, 6) is 0.865. The molecule has 1 aliphatic carbocycles. The molecule has 0 saturated heterocycles. The van der Waals surface area contributed by atoms with Gasteiger partial charge < -0.3 is 11.1 Å². The third-order valence-electron chi connectivity index (χ3n) is 3.87. The minimum Gasteiger partial charge on any atom is -0.389 e. The first-order valence-electron chi connectivity index (χ1n) is 6.55. The van der Waals surface area contributed by atoms with Crippen molar-refractivity contribution in [3.8, 4) is 0 Å². The fraction of sp³-hybridized carbons (Fsp3) is 0.333. The number of pyridine rings is 1. The zero-order valence-corrected chi connectivity index (χ0v) is 11.8. The van der Waals surface area contributed by atoms with E-state index in [2.05, 4.69) is 17.2 Å². The van der Waals surface area contributed by atoms with Crippen molar-refractivity contribution < 1.29 is 0 Å². The highest BCUT2D eigenvalue weighted by Crippen LogP contribution is 2.35. The molecular weight excluding hydrogens is 254 g/mol. The van der Waals surface area contributed by atoms with Gasteiger partial charge >= 0.3 is 0 Å². The molecule has 0 radical (unpaired) electrons. The number of thiocarbonyl (C=S) groups is 1. The summed E-state index contributed by atoms with van der Waals surface area (Å²) in [4.78, 5) is 5.08. The van der Waals surface area contributed by atoms with E-state index in [1.165, 1.54) is 19.3 Å². The van der Waals surface area contributed by atoms with E-state index in [9.17, 15) is 0 Å². The van der Waals surface area contributed by atoms with Crippen LogP contribution in [0, 0.1) is 0 Å². The molecule has 0 atom stereocenters. The molecule has 98 valence electrons. The molecule has 3 N–H and O–H groups in total. The third-order valence-corrected chi connectivity index (χ3v) is 4.09. The lowest BCUT2D eigenvalue weighted by Crippen LogP contribution is -2.41. The Balaban J connectivity index is 2.08. The summed E-state index contributed by atoms with van der Waals surface area (Å²) in [6, 6.07) is 9.92. The fourth-order valence-electron chi connectivity index (χ4n) is 2.58. The number of nitrogens with one attached hydrogen (secondary N) is 1. The van der Waals surface area contributed by atoms with Crippen LogP contribution in [0.1, 0.15) is 31.7 Å². The van der Waals surface area contributed by atoms with Gasteiger partial charge in [-0.05, 0) is 38.3 Å². The molecule has 19 heavy (non-hydrogen) atoms. The monoisotopic (exact) mass is 271 g/mol. The Morgan fingerprint density at radius 3 is 2.74 bits per heavy atom. The van der Waals surface area contributed by atoms with Crippen LogP contribution in [0.4, 0.5) is 5.82 Å². The largest absolute Gasteiger partial charge is 0.389 e. The Hall–Kier alpha value is -1.68. The van der Waals surface area contributed by atoms with Crippen molar-refractivity contribution >= 4 is 33.9 Å². The number of benzene rings is 1. The lowest BCUT2D eigenvalue weighted by atomic mass is 9.78. The summed E-state index contributed by atoms with van der Waals surface area (Å²) in [6.07, 6.45) is 3.65. The number of hydrogen-bond acceptors (Lipinski definition) is 3. The Labute approximate surface area is 118 Å². The molecule has 1 saturated carbocycles. The predicted octanol–water partition coefficient (Wildman–Crippen LogP) is 3.22. The van der Waals surface area contributed by atoms with Crippen molar-refractivity contribution in [3.05, 3.63) is 35.9 Å². The number of aromatic nitrogens is 1. The topological polar surface area (TPSA) is 50.9 Å². The van der Waals surface area contributed by atoms with Crippen molar-refractivity contribution in [2.24, 2.45) is 5.73 Å². The van der Waals surface area contributed by atoms with E-state index < -0.39 is 0 Å². The number of rotatable bonds is 3. The second-order valence-electron chi connectivity index (χ2n) is 5.48. The summed E-state index contributed by atoms with van der Waals surface area (Å²) < 4.78 is 0. The van der Waals surface area contributed by atoms with Crippen molar-refractivity contribution in [1.29, 1.82) is 0 Å². The zero-order chi connectivity index (χ0) is 13.5. The number of nitrogens with zero attached hydrogens (tertiary/aromatic N) is 1. The van der Waals surface area contributed by atoms with Gasteiger partial charge in [-0.25, -0.2) is 4.98 Å². The van der Waals surface area contributed by atoms with E-state index in [-0.39, 0.29) is 5.54 Å². The molecule has 3 rings (SSSR count). The summed E-state index contributed by atoms with van der Waals surface area (Å²) in [6.45, 7) is 2.23. The normalized spacial score (nSPS) is 16.9. The van der Waals surface area contributed by atoms with Gasteiger partial charge in [0.25, 0.3) is 0 Å². The molecular formula is C15H17N3S. The van der Waals surface area contributed by atoms with Crippen molar-refractivity contribution in [3.63, 3.8) is 0 Å². The first-order valence-corrected chi connectivity index (χ1v) is 6.96. The van der Waals surface area contributed by atoms with Gasteiger partial charge in [-0.1, -0.05) is 30.4 Å². The highest BCUT2D eigenvalue weighted by Gasteiger charge is 2.31. The van der Waals surface area contributed by atoms with Crippen LogP contribution in [0.5, 0.6) is 0 Å². The van der Waals surface area contributed by atoms with Crippen molar-refractivity contribution in [2.75, 3.05) is 5.32 Å². The van der Waals surface area contributed by atoms with E-state index in [1.807, 2.05) is 30.3 Å². The molecule has 1 aromatic carbocycles. The van der Waals surface area contributed by atoms with E-state index >= 15 is 0 Å². The average Bonchev–Trinajstić information content (AvgIpc) is 2.35. The Morgan fingerprint density at radius 1 is 1.37 bits per heavy atom. The molecule has 1 aliphatic rings. The van der Waals surface area contributed by atoms with E-state index in [0.717, 1.165) is 22.3 Å². The molecule has 0 spiro atoms. The maximum Gasteiger partial charge on any atom is 0.127 e. The second-order valence-corrected chi connectivity index (χ2v) is 5.92. The van der Waals surface area contributed by atoms with Gasteiger partial charge in [0, 0.05) is 16.5 Å².